The van der Waals surface area contributed by atoms with Gasteiger partial charge in [-0.05, 0) is 0 Å². The second-order valence-corrected chi connectivity index (χ2v) is 8.03. The van der Waals surface area contributed by atoms with Gasteiger partial charge in [-0.3, -0.25) is 0 Å². The van der Waals surface area contributed by atoms with Crippen molar-refractivity contribution < 1.29 is 0 Å². The van der Waals surface area contributed by atoms with Crippen LogP contribution in [0.4, 0.5) is 0 Å². The van der Waals surface area contributed by atoms with E-state index >= 15 is 0 Å². The molecule has 3 rings (SSSR count). The Labute approximate surface area is 134 Å². The normalized spacial score (nSPS) is 11.4. The summed E-state index contributed by atoms with van der Waals surface area (Å²) in [7, 11) is 0. The van der Waals surface area contributed by atoms with Crippen molar-refractivity contribution in [3.05, 3.63) is 108 Å². The fourth-order valence-electron chi connectivity index (χ4n) is 2.67. The zero-order valence-corrected chi connectivity index (χ0v) is 15.4. The molecule has 0 aromatic heterocycles. The van der Waals surface area contributed by atoms with E-state index in [1.807, 2.05) is 0 Å². The van der Waals surface area contributed by atoms with Gasteiger partial charge in [-0.15, -0.1) is 0 Å². The van der Waals surface area contributed by atoms with E-state index in [2.05, 4.69) is 91.0 Å². The standard InChI is InChI=1S/C19H15.Sb.3H/c1-4-10-16(11-5-1)19(17-12-6-2-7-13-17)18-14-8-3-9-15-18;;;;/h1-15H;;;;/q;+1;;;. The zero-order valence-electron chi connectivity index (χ0n) is 11.4. The van der Waals surface area contributed by atoms with Gasteiger partial charge in [-0.2, -0.15) is 0 Å². The molecule has 98 valence electrons. The molecule has 0 aliphatic rings. The summed E-state index contributed by atoms with van der Waals surface area (Å²) in [5.74, 6) is 0. The summed E-state index contributed by atoms with van der Waals surface area (Å²) >= 11 is 0.747. The molecule has 0 unspecified atom stereocenters. The molecule has 0 fully saturated rings. The number of benzene rings is 3. The van der Waals surface area contributed by atoms with Gasteiger partial charge in [0.25, 0.3) is 0 Å². The Bertz CT molecular complexity index is 563. The first-order valence-electron chi connectivity index (χ1n) is 6.84. The zero-order chi connectivity index (χ0) is 13.8. The predicted octanol–water partition coefficient (Wildman–Crippen LogP) is 3.34. The summed E-state index contributed by atoms with van der Waals surface area (Å²) < 4.78 is 0.0488. The number of rotatable bonds is 3. The molecule has 20 heavy (non-hydrogen) atoms. The fraction of sp³-hybridized carbons (Fsp3) is 0.0526. The summed E-state index contributed by atoms with van der Waals surface area (Å²) in [6, 6.07) is 32.6. The Balaban J connectivity index is 2.24. The molecule has 0 nitrogen and oxygen atoms in total. The molecule has 0 heterocycles. The first-order valence-corrected chi connectivity index (χ1v) is 8.85. The van der Waals surface area contributed by atoms with Gasteiger partial charge in [0.05, 0.1) is 0 Å². The van der Waals surface area contributed by atoms with Gasteiger partial charge in [0.15, 0.2) is 0 Å². The summed E-state index contributed by atoms with van der Waals surface area (Å²) in [4.78, 5) is 0. The summed E-state index contributed by atoms with van der Waals surface area (Å²) in [6.45, 7) is 0. The van der Waals surface area contributed by atoms with Crippen LogP contribution in [0, 0.1) is 0 Å². The van der Waals surface area contributed by atoms with Crippen LogP contribution in [0.1, 0.15) is 16.7 Å². The molecule has 3 aromatic rings. The second kappa shape index (κ2) is 5.85. The van der Waals surface area contributed by atoms with E-state index in [9.17, 15) is 0 Å². The average Bonchev–Trinajstić information content (AvgIpc) is 2.56. The van der Waals surface area contributed by atoms with Gasteiger partial charge < -0.3 is 0 Å². The van der Waals surface area contributed by atoms with Crippen molar-refractivity contribution in [3.8, 4) is 0 Å². The van der Waals surface area contributed by atoms with Crippen LogP contribution in [0.25, 0.3) is 0 Å². The third-order valence-electron chi connectivity index (χ3n) is 3.80. The van der Waals surface area contributed by atoms with Crippen LogP contribution in [0.3, 0.4) is 0 Å². The molecule has 0 amide bonds. The summed E-state index contributed by atoms with van der Waals surface area (Å²) in [5.41, 5.74) is 4.18. The third kappa shape index (κ3) is 2.41. The van der Waals surface area contributed by atoms with Crippen LogP contribution in [-0.2, 0) is 3.36 Å². The van der Waals surface area contributed by atoms with E-state index in [0.29, 0.717) is 0 Å². The van der Waals surface area contributed by atoms with Crippen molar-refractivity contribution in [2.24, 2.45) is 0 Å². The average molecular weight is 368 g/mol. The van der Waals surface area contributed by atoms with Gasteiger partial charge in [-0.1, -0.05) is 0 Å². The molecule has 0 saturated carbocycles. The van der Waals surface area contributed by atoms with Crippen molar-refractivity contribution in [2.75, 3.05) is 0 Å². The third-order valence-corrected chi connectivity index (χ3v) is 7.30. The molecule has 3 aromatic carbocycles. The second-order valence-electron chi connectivity index (χ2n) is 5.00. The maximum absolute atomic E-state index is 2.25. The molecule has 0 spiro atoms. The minimum absolute atomic E-state index is 0.0488. The van der Waals surface area contributed by atoms with E-state index < -0.39 is 0 Å². The van der Waals surface area contributed by atoms with Crippen LogP contribution in [-0.4, -0.2) is 23.0 Å². The maximum atomic E-state index is 2.25. The Hall–Kier alpha value is -1.52. The monoisotopic (exact) mass is 367 g/mol. The fourth-order valence-corrected chi connectivity index (χ4v) is 4.69. The van der Waals surface area contributed by atoms with E-state index in [-0.39, 0.29) is 3.36 Å². The predicted molar refractivity (Wildman–Crippen MR) is 89.1 cm³/mol. The molecule has 0 atom stereocenters. The van der Waals surface area contributed by atoms with Crippen molar-refractivity contribution in [3.63, 3.8) is 0 Å². The van der Waals surface area contributed by atoms with Crippen LogP contribution < -0.4 is 0 Å². The first kappa shape index (κ1) is 13.5. The SMILES string of the molecule is [SbH3+][C](c1ccccc1)(c1ccccc1)c1ccccc1. The van der Waals surface area contributed by atoms with Crippen molar-refractivity contribution in [2.45, 2.75) is 3.36 Å². The Morgan fingerprint density at radius 3 is 0.950 bits per heavy atom. The summed E-state index contributed by atoms with van der Waals surface area (Å²) in [6.07, 6.45) is 0. The van der Waals surface area contributed by atoms with Crippen LogP contribution in [0.15, 0.2) is 91.0 Å². The Morgan fingerprint density at radius 1 is 0.450 bits per heavy atom. The quantitative estimate of drug-likeness (QED) is 0.492. The van der Waals surface area contributed by atoms with E-state index in [1.165, 1.54) is 16.7 Å². The number of hydrogen-bond acceptors (Lipinski definition) is 0. The van der Waals surface area contributed by atoms with Crippen LogP contribution >= 0.6 is 0 Å². The van der Waals surface area contributed by atoms with Gasteiger partial charge in [-0.25, -0.2) is 0 Å². The van der Waals surface area contributed by atoms with Crippen molar-refractivity contribution in [1.29, 1.82) is 0 Å². The molecule has 0 aliphatic carbocycles. The Kier molecular flexibility index (Phi) is 3.94. The van der Waals surface area contributed by atoms with Crippen LogP contribution in [0.5, 0.6) is 0 Å². The molecule has 1 heteroatoms. The Morgan fingerprint density at radius 2 is 0.700 bits per heavy atom. The number of hydrogen-bond donors (Lipinski definition) is 0. The van der Waals surface area contributed by atoms with E-state index in [0.717, 1.165) is 23.0 Å². The van der Waals surface area contributed by atoms with Gasteiger partial charge >= 0.3 is 134 Å². The topological polar surface area (TPSA) is 0 Å². The van der Waals surface area contributed by atoms with Gasteiger partial charge in [0.1, 0.15) is 0 Å². The van der Waals surface area contributed by atoms with Crippen LogP contribution in [0.2, 0.25) is 0 Å². The van der Waals surface area contributed by atoms with E-state index in [1.54, 1.807) is 0 Å². The summed E-state index contributed by atoms with van der Waals surface area (Å²) in [5, 5.41) is 0. The first-order chi connectivity index (χ1) is 9.82. The van der Waals surface area contributed by atoms with Gasteiger partial charge in [0.2, 0.25) is 0 Å². The molecular weight excluding hydrogens is 350 g/mol. The molecule has 0 bridgehead atoms. The minimum atomic E-state index is 0.0488. The molecule has 0 N–H and O–H groups in total. The van der Waals surface area contributed by atoms with Gasteiger partial charge in [0, 0.05) is 0 Å². The van der Waals surface area contributed by atoms with E-state index in [4.69, 9.17) is 0 Å². The van der Waals surface area contributed by atoms with Crippen molar-refractivity contribution in [1.82, 2.24) is 0 Å². The molecular formula is C19H18Sb+. The molecule has 0 radical (unpaired) electrons. The van der Waals surface area contributed by atoms with Crippen molar-refractivity contribution >= 4 is 23.0 Å². The molecule has 0 saturated heterocycles. The molecule has 0 aliphatic heterocycles.